The normalized spacial score (nSPS) is 10.5. The molecule has 0 amide bonds. The quantitative estimate of drug-likeness (QED) is 0.599. The maximum absolute atomic E-state index is 11.7. The highest BCUT2D eigenvalue weighted by Crippen LogP contribution is 2.23. The highest BCUT2D eigenvalue weighted by molar-refractivity contribution is 6.32. The minimum Gasteiger partial charge on any atom is -0.480 e. The summed E-state index contributed by atoms with van der Waals surface area (Å²) in [5.74, 6) is 0.390. The zero-order chi connectivity index (χ0) is 17.6. The molecule has 0 unspecified atom stereocenters. The fourth-order valence-corrected chi connectivity index (χ4v) is 2.23. The van der Waals surface area contributed by atoms with Gasteiger partial charge >= 0.3 is 5.97 Å². The Morgan fingerprint density at radius 2 is 1.84 bits per heavy atom. The molecule has 128 valence electrons. The highest BCUT2D eigenvalue weighted by atomic mass is 35.5. The minimum absolute atomic E-state index is 0.148. The monoisotopic (exact) mass is 378 g/mol. The Balaban J connectivity index is 1.51. The van der Waals surface area contributed by atoms with Crippen molar-refractivity contribution in [3.8, 4) is 17.1 Å². The van der Waals surface area contributed by atoms with Crippen molar-refractivity contribution in [3.05, 3.63) is 64.5 Å². The molecule has 0 saturated heterocycles. The first kappa shape index (κ1) is 17.3. The molecule has 3 aromatic rings. The number of esters is 1. The second-order valence-corrected chi connectivity index (χ2v) is 5.74. The summed E-state index contributed by atoms with van der Waals surface area (Å²) in [5.41, 5.74) is 0.743. The van der Waals surface area contributed by atoms with Gasteiger partial charge in [0.1, 0.15) is 5.75 Å². The summed E-state index contributed by atoms with van der Waals surface area (Å²) in [6, 6.07) is 13.8. The Morgan fingerprint density at radius 1 is 1.08 bits per heavy atom. The molecule has 0 aliphatic rings. The molecule has 3 rings (SSSR count). The maximum Gasteiger partial charge on any atom is 0.344 e. The predicted molar refractivity (Wildman–Crippen MR) is 91.5 cm³/mol. The van der Waals surface area contributed by atoms with Gasteiger partial charge in [-0.3, -0.25) is 0 Å². The molecular weight excluding hydrogens is 367 g/mol. The molecule has 0 fully saturated rings. The van der Waals surface area contributed by atoms with E-state index in [0.717, 1.165) is 5.56 Å². The van der Waals surface area contributed by atoms with E-state index in [1.165, 1.54) is 0 Å². The van der Waals surface area contributed by atoms with Crippen LogP contribution in [0.2, 0.25) is 10.0 Å². The van der Waals surface area contributed by atoms with Crippen molar-refractivity contribution >= 4 is 29.2 Å². The number of aromatic nitrogens is 2. The molecule has 1 aromatic heterocycles. The number of nitrogens with zero attached hydrogens (tertiary/aromatic N) is 2. The molecule has 0 spiro atoms. The molecule has 0 radical (unpaired) electrons. The van der Waals surface area contributed by atoms with Gasteiger partial charge in [0.2, 0.25) is 5.82 Å². The second-order valence-electron chi connectivity index (χ2n) is 4.90. The number of carbonyl (C=O) groups excluding carboxylic acids is 1. The topological polar surface area (TPSA) is 74.5 Å². The van der Waals surface area contributed by atoms with Crippen molar-refractivity contribution in [2.45, 2.75) is 6.61 Å². The fourth-order valence-electron chi connectivity index (χ4n) is 1.91. The largest absolute Gasteiger partial charge is 0.480 e. The van der Waals surface area contributed by atoms with Crippen LogP contribution in [0.25, 0.3) is 11.4 Å². The Labute approximate surface area is 153 Å². The van der Waals surface area contributed by atoms with Crippen molar-refractivity contribution in [1.82, 2.24) is 10.1 Å². The summed E-state index contributed by atoms with van der Waals surface area (Å²) >= 11 is 11.8. The maximum atomic E-state index is 11.7. The molecule has 6 nitrogen and oxygen atoms in total. The highest BCUT2D eigenvalue weighted by Gasteiger charge is 2.12. The SMILES string of the molecule is O=C(COc1ccccc1Cl)OCc1nc(-c2ccc(Cl)cc2)no1. The van der Waals surface area contributed by atoms with E-state index in [1.807, 2.05) is 0 Å². The van der Waals surface area contributed by atoms with Gasteiger partial charge in [0.15, 0.2) is 13.2 Å². The summed E-state index contributed by atoms with van der Waals surface area (Å²) in [6.07, 6.45) is 0. The summed E-state index contributed by atoms with van der Waals surface area (Å²) in [5, 5.41) is 4.86. The van der Waals surface area contributed by atoms with E-state index in [2.05, 4.69) is 10.1 Å². The number of halogens is 2. The van der Waals surface area contributed by atoms with Crippen molar-refractivity contribution in [2.24, 2.45) is 0 Å². The number of benzene rings is 2. The fraction of sp³-hybridized carbons (Fsp3) is 0.118. The standard InChI is InChI=1S/C17H12Cl2N2O4/c18-12-7-5-11(6-8-12)17-20-15(25-21-17)9-24-16(22)10-23-14-4-2-1-3-13(14)19/h1-8H,9-10H2. The van der Waals surface area contributed by atoms with E-state index in [-0.39, 0.29) is 19.1 Å². The van der Waals surface area contributed by atoms with E-state index >= 15 is 0 Å². The predicted octanol–water partition coefficient (Wildman–Crippen LogP) is 4.17. The van der Waals surface area contributed by atoms with Gasteiger partial charge in [-0.1, -0.05) is 40.5 Å². The molecule has 0 aliphatic carbocycles. The van der Waals surface area contributed by atoms with Crippen LogP contribution in [0, 0.1) is 0 Å². The van der Waals surface area contributed by atoms with Gasteiger partial charge < -0.3 is 14.0 Å². The van der Waals surface area contributed by atoms with Crippen LogP contribution < -0.4 is 4.74 Å². The van der Waals surface area contributed by atoms with Crippen molar-refractivity contribution in [1.29, 1.82) is 0 Å². The van der Waals surface area contributed by atoms with Crippen LogP contribution >= 0.6 is 23.2 Å². The Bertz CT molecular complexity index is 865. The van der Waals surface area contributed by atoms with Gasteiger partial charge in [-0.25, -0.2) is 4.79 Å². The molecule has 0 N–H and O–H groups in total. The van der Waals surface area contributed by atoms with Crippen LogP contribution in [0.3, 0.4) is 0 Å². The van der Waals surface area contributed by atoms with Gasteiger partial charge in [0.05, 0.1) is 5.02 Å². The lowest BCUT2D eigenvalue weighted by Gasteiger charge is -2.06. The number of para-hydroxylation sites is 1. The van der Waals surface area contributed by atoms with Crippen LogP contribution in [0.5, 0.6) is 5.75 Å². The zero-order valence-electron chi connectivity index (χ0n) is 12.8. The minimum atomic E-state index is -0.578. The zero-order valence-corrected chi connectivity index (χ0v) is 14.3. The lowest BCUT2D eigenvalue weighted by molar-refractivity contribution is -0.148. The molecule has 2 aromatic carbocycles. The average molecular weight is 379 g/mol. The van der Waals surface area contributed by atoms with Gasteiger partial charge in [0, 0.05) is 10.6 Å². The molecule has 0 saturated carbocycles. The third-order valence-electron chi connectivity index (χ3n) is 3.11. The van der Waals surface area contributed by atoms with Gasteiger partial charge in [-0.15, -0.1) is 0 Å². The van der Waals surface area contributed by atoms with Crippen molar-refractivity contribution < 1.29 is 18.8 Å². The first-order valence-electron chi connectivity index (χ1n) is 7.23. The van der Waals surface area contributed by atoms with E-state index < -0.39 is 5.97 Å². The van der Waals surface area contributed by atoms with Gasteiger partial charge in [0.25, 0.3) is 5.89 Å². The van der Waals surface area contributed by atoms with E-state index in [9.17, 15) is 4.79 Å². The molecule has 25 heavy (non-hydrogen) atoms. The lowest BCUT2D eigenvalue weighted by Crippen LogP contribution is -2.15. The lowest BCUT2D eigenvalue weighted by atomic mass is 10.2. The van der Waals surface area contributed by atoms with Crippen LogP contribution in [0.15, 0.2) is 53.1 Å². The van der Waals surface area contributed by atoms with Crippen molar-refractivity contribution in [2.75, 3.05) is 6.61 Å². The van der Waals surface area contributed by atoms with Gasteiger partial charge in [-0.2, -0.15) is 4.98 Å². The number of hydrogen-bond donors (Lipinski definition) is 0. The van der Waals surface area contributed by atoms with Gasteiger partial charge in [-0.05, 0) is 36.4 Å². The average Bonchev–Trinajstić information content (AvgIpc) is 3.09. The summed E-state index contributed by atoms with van der Waals surface area (Å²) < 4.78 is 15.4. The third kappa shape index (κ3) is 4.71. The summed E-state index contributed by atoms with van der Waals surface area (Å²) in [7, 11) is 0. The second kappa shape index (κ2) is 8.00. The number of rotatable bonds is 6. The Hall–Kier alpha value is -2.57. The van der Waals surface area contributed by atoms with E-state index in [1.54, 1.807) is 48.5 Å². The first-order valence-corrected chi connectivity index (χ1v) is 7.99. The first-order chi connectivity index (χ1) is 12.1. The third-order valence-corrected chi connectivity index (χ3v) is 3.67. The number of ether oxygens (including phenoxy) is 2. The van der Waals surface area contributed by atoms with E-state index in [4.69, 9.17) is 37.2 Å². The molecule has 0 bridgehead atoms. The van der Waals surface area contributed by atoms with Crippen molar-refractivity contribution in [3.63, 3.8) is 0 Å². The number of carbonyl (C=O) groups is 1. The molecule has 8 heteroatoms. The smallest absolute Gasteiger partial charge is 0.344 e. The van der Waals surface area contributed by atoms with Crippen LogP contribution in [-0.4, -0.2) is 22.7 Å². The van der Waals surface area contributed by atoms with Crippen LogP contribution in [0.4, 0.5) is 0 Å². The summed E-state index contributed by atoms with van der Waals surface area (Å²) in [6.45, 7) is -0.423. The van der Waals surface area contributed by atoms with Crippen LogP contribution in [-0.2, 0) is 16.1 Å². The Morgan fingerprint density at radius 3 is 2.60 bits per heavy atom. The van der Waals surface area contributed by atoms with E-state index in [0.29, 0.717) is 21.6 Å². The van der Waals surface area contributed by atoms with Crippen LogP contribution in [0.1, 0.15) is 5.89 Å². The Kier molecular flexibility index (Phi) is 5.53. The summed E-state index contributed by atoms with van der Waals surface area (Å²) in [4.78, 5) is 15.9. The number of hydrogen-bond acceptors (Lipinski definition) is 6. The molecule has 1 heterocycles. The molecule has 0 atom stereocenters. The molecule has 0 aliphatic heterocycles. The molecular formula is C17H12Cl2N2O4.